The summed E-state index contributed by atoms with van der Waals surface area (Å²) in [5.41, 5.74) is 2.98. The zero-order valence-electron chi connectivity index (χ0n) is 12.7. The van der Waals surface area contributed by atoms with E-state index in [2.05, 4.69) is 29.7 Å². The summed E-state index contributed by atoms with van der Waals surface area (Å²) in [6.07, 6.45) is 1.77. The molecule has 1 aliphatic rings. The van der Waals surface area contributed by atoms with Crippen LogP contribution in [0.5, 0.6) is 0 Å². The number of ether oxygens (including phenoxy) is 1. The summed E-state index contributed by atoms with van der Waals surface area (Å²) in [7, 11) is 0. The predicted octanol–water partition coefficient (Wildman–Crippen LogP) is 3.63. The van der Waals surface area contributed by atoms with Crippen molar-refractivity contribution >= 4 is 11.8 Å². The van der Waals surface area contributed by atoms with Crippen molar-refractivity contribution in [1.29, 1.82) is 0 Å². The van der Waals surface area contributed by atoms with Gasteiger partial charge in [0.05, 0.1) is 0 Å². The second kappa shape index (κ2) is 5.83. The highest BCUT2D eigenvalue weighted by Gasteiger charge is 2.22. The molecule has 4 nitrogen and oxygen atoms in total. The SMILES string of the molecule is CCNC1CCc2cc(NC(=O)OC(C)(C)C)ccc21. The first kappa shape index (κ1) is 14.9. The molecule has 0 radical (unpaired) electrons. The van der Waals surface area contributed by atoms with Crippen LogP contribution in [0.1, 0.15) is 51.3 Å². The number of anilines is 1. The van der Waals surface area contributed by atoms with E-state index in [1.165, 1.54) is 11.1 Å². The molecule has 1 unspecified atom stereocenters. The summed E-state index contributed by atoms with van der Waals surface area (Å²) in [6, 6.07) is 6.54. The van der Waals surface area contributed by atoms with Crippen LogP contribution in [0.2, 0.25) is 0 Å². The van der Waals surface area contributed by atoms with Crippen molar-refractivity contribution in [2.45, 2.75) is 52.2 Å². The van der Waals surface area contributed by atoms with E-state index in [4.69, 9.17) is 4.74 Å². The molecule has 4 heteroatoms. The van der Waals surface area contributed by atoms with Gasteiger partial charge in [0, 0.05) is 11.7 Å². The normalized spacial score (nSPS) is 17.7. The molecule has 1 aromatic carbocycles. The molecule has 0 fully saturated rings. The first-order chi connectivity index (χ1) is 9.39. The Morgan fingerprint density at radius 1 is 1.40 bits per heavy atom. The maximum absolute atomic E-state index is 11.7. The number of hydrogen-bond donors (Lipinski definition) is 2. The van der Waals surface area contributed by atoms with E-state index in [-0.39, 0.29) is 0 Å². The van der Waals surface area contributed by atoms with Gasteiger partial charge in [-0.05, 0) is 63.4 Å². The number of hydrogen-bond acceptors (Lipinski definition) is 3. The van der Waals surface area contributed by atoms with E-state index in [0.29, 0.717) is 6.04 Å². The van der Waals surface area contributed by atoms with Crippen LogP contribution in [0.15, 0.2) is 18.2 Å². The Labute approximate surface area is 120 Å². The molecule has 0 aromatic heterocycles. The van der Waals surface area contributed by atoms with Crippen LogP contribution in [-0.2, 0) is 11.2 Å². The molecule has 1 aliphatic carbocycles. The standard InChI is InChI=1S/C16H24N2O2/c1-5-17-14-9-6-11-10-12(7-8-13(11)14)18-15(19)20-16(2,3)4/h7-8,10,14,17H,5-6,9H2,1-4H3,(H,18,19). The fourth-order valence-corrected chi connectivity index (χ4v) is 2.58. The van der Waals surface area contributed by atoms with Crippen molar-refractivity contribution in [3.8, 4) is 0 Å². The highest BCUT2D eigenvalue weighted by molar-refractivity contribution is 5.85. The number of aryl methyl sites for hydroxylation is 1. The number of rotatable bonds is 3. The van der Waals surface area contributed by atoms with Gasteiger partial charge in [0.1, 0.15) is 5.60 Å². The maximum atomic E-state index is 11.7. The number of fused-ring (bicyclic) bond motifs is 1. The van der Waals surface area contributed by atoms with Crippen molar-refractivity contribution in [2.75, 3.05) is 11.9 Å². The number of benzene rings is 1. The van der Waals surface area contributed by atoms with Gasteiger partial charge in [0.15, 0.2) is 0 Å². The van der Waals surface area contributed by atoms with Crippen molar-refractivity contribution in [3.05, 3.63) is 29.3 Å². The fraction of sp³-hybridized carbons (Fsp3) is 0.562. The molecular weight excluding hydrogens is 252 g/mol. The Morgan fingerprint density at radius 3 is 2.80 bits per heavy atom. The van der Waals surface area contributed by atoms with Crippen LogP contribution < -0.4 is 10.6 Å². The Kier molecular flexibility index (Phi) is 4.33. The highest BCUT2D eigenvalue weighted by Crippen LogP contribution is 2.32. The van der Waals surface area contributed by atoms with Gasteiger partial charge in [0.2, 0.25) is 0 Å². The number of carbonyl (C=O) groups excluding carboxylic acids is 1. The zero-order valence-corrected chi connectivity index (χ0v) is 12.7. The molecule has 2 rings (SSSR count). The third-order valence-corrected chi connectivity index (χ3v) is 3.32. The highest BCUT2D eigenvalue weighted by atomic mass is 16.6. The van der Waals surface area contributed by atoms with Gasteiger partial charge in [-0.15, -0.1) is 0 Å². The first-order valence-electron chi connectivity index (χ1n) is 7.25. The van der Waals surface area contributed by atoms with Crippen LogP contribution in [-0.4, -0.2) is 18.2 Å². The predicted molar refractivity (Wildman–Crippen MR) is 81.0 cm³/mol. The molecule has 0 aliphatic heterocycles. The molecule has 110 valence electrons. The Bertz CT molecular complexity index is 492. The average molecular weight is 276 g/mol. The van der Waals surface area contributed by atoms with Crippen molar-refractivity contribution in [3.63, 3.8) is 0 Å². The summed E-state index contributed by atoms with van der Waals surface area (Å²) >= 11 is 0. The second-order valence-electron chi connectivity index (χ2n) is 6.19. The maximum Gasteiger partial charge on any atom is 0.412 e. The Balaban J connectivity index is 2.04. The van der Waals surface area contributed by atoms with E-state index in [1.807, 2.05) is 26.8 Å². The molecule has 0 saturated carbocycles. The van der Waals surface area contributed by atoms with Crippen LogP contribution in [0, 0.1) is 0 Å². The smallest absolute Gasteiger partial charge is 0.412 e. The van der Waals surface area contributed by atoms with E-state index < -0.39 is 11.7 Å². The molecule has 2 N–H and O–H groups in total. The molecule has 0 spiro atoms. The van der Waals surface area contributed by atoms with Crippen LogP contribution in [0.4, 0.5) is 10.5 Å². The topological polar surface area (TPSA) is 50.4 Å². The lowest BCUT2D eigenvalue weighted by atomic mass is 10.1. The van der Waals surface area contributed by atoms with Gasteiger partial charge >= 0.3 is 6.09 Å². The van der Waals surface area contributed by atoms with E-state index in [9.17, 15) is 4.79 Å². The Hall–Kier alpha value is -1.55. The van der Waals surface area contributed by atoms with Gasteiger partial charge in [-0.25, -0.2) is 4.79 Å². The van der Waals surface area contributed by atoms with E-state index in [1.54, 1.807) is 0 Å². The van der Waals surface area contributed by atoms with Crippen molar-refractivity contribution in [1.82, 2.24) is 5.32 Å². The summed E-state index contributed by atoms with van der Waals surface area (Å²) in [5, 5.41) is 6.27. The van der Waals surface area contributed by atoms with Gasteiger partial charge in [0.25, 0.3) is 0 Å². The molecule has 0 bridgehead atoms. The van der Waals surface area contributed by atoms with Crippen LogP contribution in [0.3, 0.4) is 0 Å². The largest absolute Gasteiger partial charge is 0.444 e. The summed E-state index contributed by atoms with van der Waals surface area (Å²) < 4.78 is 5.26. The van der Waals surface area contributed by atoms with Gasteiger partial charge < -0.3 is 10.1 Å². The third kappa shape index (κ3) is 3.73. The molecule has 1 aromatic rings. The summed E-state index contributed by atoms with van der Waals surface area (Å²) in [4.78, 5) is 11.7. The zero-order chi connectivity index (χ0) is 14.8. The number of amides is 1. The molecule has 1 atom stereocenters. The fourth-order valence-electron chi connectivity index (χ4n) is 2.58. The third-order valence-electron chi connectivity index (χ3n) is 3.32. The number of nitrogens with one attached hydrogen (secondary N) is 2. The minimum Gasteiger partial charge on any atom is -0.444 e. The molecule has 0 saturated heterocycles. The van der Waals surface area contributed by atoms with E-state index in [0.717, 1.165) is 25.1 Å². The van der Waals surface area contributed by atoms with Crippen LogP contribution in [0.25, 0.3) is 0 Å². The van der Waals surface area contributed by atoms with Crippen LogP contribution >= 0.6 is 0 Å². The minimum atomic E-state index is -0.475. The summed E-state index contributed by atoms with van der Waals surface area (Å²) in [5.74, 6) is 0. The molecule has 1 amide bonds. The molecule has 20 heavy (non-hydrogen) atoms. The lowest BCUT2D eigenvalue weighted by Gasteiger charge is -2.20. The quantitative estimate of drug-likeness (QED) is 0.886. The minimum absolute atomic E-state index is 0.404. The van der Waals surface area contributed by atoms with Gasteiger partial charge in [-0.2, -0.15) is 0 Å². The number of carbonyl (C=O) groups is 1. The first-order valence-corrected chi connectivity index (χ1v) is 7.25. The molecule has 0 heterocycles. The van der Waals surface area contributed by atoms with Crippen molar-refractivity contribution < 1.29 is 9.53 Å². The lowest BCUT2D eigenvalue weighted by molar-refractivity contribution is 0.0636. The lowest BCUT2D eigenvalue weighted by Crippen LogP contribution is -2.27. The second-order valence-corrected chi connectivity index (χ2v) is 6.19. The summed E-state index contributed by atoms with van der Waals surface area (Å²) in [6.45, 7) is 8.67. The van der Waals surface area contributed by atoms with E-state index >= 15 is 0 Å². The van der Waals surface area contributed by atoms with Gasteiger partial charge in [-0.3, -0.25) is 5.32 Å². The average Bonchev–Trinajstić information content (AvgIpc) is 2.70. The monoisotopic (exact) mass is 276 g/mol. The van der Waals surface area contributed by atoms with Gasteiger partial charge in [-0.1, -0.05) is 13.0 Å². The Morgan fingerprint density at radius 2 is 2.15 bits per heavy atom. The molecular formula is C16H24N2O2. The van der Waals surface area contributed by atoms with Crippen molar-refractivity contribution in [2.24, 2.45) is 0 Å².